The Kier molecular flexibility index (Phi) is 5.93. The van der Waals surface area contributed by atoms with Gasteiger partial charge in [0.1, 0.15) is 0 Å². The molecule has 0 saturated carbocycles. The van der Waals surface area contributed by atoms with Gasteiger partial charge in [-0.2, -0.15) is 5.10 Å². The molecule has 2 rings (SSSR count). The SMILES string of the molecule is C.CCOC(=O)c1cnn(C(CN)c2ccccc2)c1. The number of benzene rings is 1. The molecule has 0 radical (unpaired) electrons. The first-order valence-corrected chi connectivity index (χ1v) is 6.22. The maximum absolute atomic E-state index is 11.6. The molecule has 0 amide bonds. The van der Waals surface area contributed by atoms with Crippen LogP contribution in [-0.2, 0) is 4.74 Å². The molecule has 1 heterocycles. The molecule has 1 aromatic heterocycles. The zero-order valence-electron chi connectivity index (χ0n) is 10.8. The number of ether oxygens (including phenoxy) is 1. The highest BCUT2D eigenvalue weighted by molar-refractivity contribution is 5.88. The van der Waals surface area contributed by atoms with Crippen LogP contribution in [-0.4, -0.2) is 28.9 Å². The van der Waals surface area contributed by atoms with Crippen LogP contribution in [0.25, 0.3) is 0 Å². The maximum Gasteiger partial charge on any atom is 0.341 e. The van der Waals surface area contributed by atoms with Crippen LogP contribution in [0.5, 0.6) is 0 Å². The fourth-order valence-corrected chi connectivity index (χ4v) is 1.90. The molecule has 2 aromatic rings. The fraction of sp³-hybridized carbons (Fsp3) is 0.333. The number of carbonyl (C=O) groups is 1. The van der Waals surface area contributed by atoms with Crippen LogP contribution in [0.1, 0.15) is 36.3 Å². The molecule has 20 heavy (non-hydrogen) atoms. The second-order valence-corrected chi connectivity index (χ2v) is 4.09. The lowest BCUT2D eigenvalue weighted by Gasteiger charge is -2.15. The molecule has 5 nitrogen and oxygen atoms in total. The van der Waals surface area contributed by atoms with E-state index in [1.807, 2.05) is 30.3 Å². The minimum atomic E-state index is -0.363. The lowest BCUT2D eigenvalue weighted by Crippen LogP contribution is -2.20. The molecule has 1 aromatic carbocycles. The number of hydrogen-bond acceptors (Lipinski definition) is 4. The van der Waals surface area contributed by atoms with E-state index < -0.39 is 0 Å². The summed E-state index contributed by atoms with van der Waals surface area (Å²) >= 11 is 0. The number of aromatic nitrogens is 2. The van der Waals surface area contributed by atoms with E-state index >= 15 is 0 Å². The zero-order valence-corrected chi connectivity index (χ0v) is 10.8. The van der Waals surface area contributed by atoms with E-state index in [-0.39, 0.29) is 19.4 Å². The van der Waals surface area contributed by atoms with Gasteiger partial charge in [0.15, 0.2) is 0 Å². The van der Waals surface area contributed by atoms with E-state index in [9.17, 15) is 4.79 Å². The maximum atomic E-state index is 11.6. The Balaban J connectivity index is 0.00000200. The van der Waals surface area contributed by atoms with Crippen molar-refractivity contribution in [2.75, 3.05) is 13.2 Å². The van der Waals surface area contributed by atoms with Gasteiger partial charge in [-0.1, -0.05) is 37.8 Å². The fourth-order valence-electron chi connectivity index (χ4n) is 1.90. The Bertz CT molecular complexity index is 537. The van der Waals surface area contributed by atoms with Crippen molar-refractivity contribution in [1.82, 2.24) is 9.78 Å². The molecular weight excluding hydrogens is 254 g/mol. The van der Waals surface area contributed by atoms with Gasteiger partial charge in [0.05, 0.1) is 24.4 Å². The van der Waals surface area contributed by atoms with Crippen molar-refractivity contribution < 1.29 is 9.53 Å². The lowest BCUT2D eigenvalue weighted by molar-refractivity contribution is 0.0526. The van der Waals surface area contributed by atoms with Gasteiger partial charge in [-0.25, -0.2) is 4.79 Å². The molecule has 0 aliphatic carbocycles. The minimum absolute atomic E-state index is 0. The second-order valence-electron chi connectivity index (χ2n) is 4.09. The van der Waals surface area contributed by atoms with Crippen LogP contribution in [0.2, 0.25) is 0 Å². The molecule has 0 spiro atoms. The highest BCUT2D eigenvalue weighted by Gasteiger charge is 2.15. The summed E-state index contributed by atoms with van der Waals surface area (Å²) in [5.41, 5.74) is 7.30. The molecule has 1 unspecified atom stereocenters. The number of hydrogen-bond donors (Lipinski definition) is 1. The van der Waals surface area contributed by atoms with Crippen LogP contribution in [0.3, 0.4) is 0 Å². The van der Waals surface area contributed by atoms with Crippen molar-refractivity contribution in [1.29, 1.82) is 0 Å². The van der Waals surface area contributed by atoms with Gasteiger partial charge in [0.25, 0.3) is 0 Å². The summed E-state index contributed by atoms with van der Waals surface area (Å²) in [5.74, 6) is -0.363. The molecule has 5 heteroatoms. The molecule has 0 aliphatic rings. The van der Waals surface area contributed by atoms with Crippen LogP contribution in [0.4, 0.5) is 0 Å². The van der Waals surface area contributed by atoms with Crippen molar-refractivity contribution in [2.24, 2.45) is 5.73 Å². The van der Waals surface area contributed by atoms with E-state index in [1.54, 1.807) is 17.8 Å². The Morgan fingerprint density at radius 3 is 2.70 bits per heavy atom. The molecule has 108 valence electrons. The summed E-state index contributed by atoms with van der Waals surface area (Å²) in [5, 5.41) is 4.20. The Labute approximate surface area is 119 Å². The summed E-state index contributed by atoms with van der Waals surface area (Å²) in [4.78, 5) is 11.6. The van der Waals surface area contributed by atoms with Crippen LogP contribution in [0, 0.1) is 0 Å². The summed E-state index contributed by atoms with van der Waals surface area (Å²) in [6.45, 7) is 2.53. The highest BCUT2D eigenvalue weighted by Crippen LogP contribution is 2.16. The first-order chi connectivity index (χ1) is 9.26. The number of carbonyl (C=O) groups excluding carboxylic acids is 1. The predicted octanol–water partition coefficient (Wildman–Crippen LogP) is 2.24. The molecule has 1 atom stereocenters. The molecule has 0 fully saturated rings. The lowest BCUT2D eigenvalue weighted by atomic mass is 10.1. The van der Waals surface area contributed by atoms with E-state index in [4.69, 9.17) is 10.5 Å². The standard InChI is InChI=1S/C14H17N3O2.CH4/c1-2-19-14(18)12-9-16-17(10-12)13(8-15)11-6-4-3-5-7-11;/h3-7,9-10,13H,2,8,15H2,1H3;1H4. The zero-order chi connectivity index (χ0) is 13.7. The van der Waals surface area contributed by atoms with Gasteiger partial charge in [-0.15, -0.1) is 0 Å². The topological polar surface area (TPSA) is 70.1 Å². The van der Waals surface area contributed by atoms with E-state index in [0.29, 0.717) is 18.7 Å². The summed E-state index contributed by atoms with van der Waals surface area (Å²) in [6, 6.07) is 9.75. The third-order valence-corrected chi connectivity index (χ3v) is 2.84. The van der Waals surface area contributed by atoms with E-state index in [0.717, 1.165) is 5.56 Å². The van der Waals surface area contributed by atoms with Crippen molar-refractivity contribution in [3.63, 3.8) is 0 Å². The van der Waals surface area contributed by atoms with E-state index in [2.05, 4.69) is 5.10 Å². The molecule has 2 N–H and O–H groups in total. The average molecular weight is 275 g/mol. The summed E-state index contributed by atoms with van der Waals surface area (Å²) < 4.78 is 6.63. The molecule has 0 aliphatic heterocycles. The number of esters is 1. The number of rotatable bonds is 5. The normalized spacial score (nSPS) is 11.5. The third-order valence-electron chi connectivity index (χ3n) is 2.84. The average Bonchev–Trinajstić information content (AvgIpc) is 2.91. The molecular formula is C15H21N3O2. The Morgan fingerprint density at radius 2 is 2.10 bits per heavy atom. The Morgan fingerprint density at radius 1 is 1.40 bits per heavy atom. The Hall–Kier alpha value is -2.14. The van der Waals surface area contributed by atoms with Crippen molar-refractivity contribution in [3.8, 4) is 0 Å². The summed E-state index contributed by atoms with van der Waals surface area (Å²) in [6.07, 6.45) is 3.17. The molecule has 0 saturated heterocycles. The molecule has 0 bridgehead atoms. The number of nitrogens with two attached hydrogens (primary N) is 1. The van der Waals surface area contributed by atoms with Gasteiger partial charge in [-0.05, 0) is 12.5 Å². The quantitative estimate of drug-likeness (QED) is 0.850. The third kappa shape index (κ3) is 3.45. The smallest absolute Gasteiger partial charge is 0.341 e. The van der Waals surface area contributed by atoms with Crippen molar-refractivity contribution in [2.45, 2.75) is 20.4 Å². The van der Waals surface area contributed by atoms with Gasteiger partial charge in [0.2, 0.25) is 0 Å². The van der Waals surface area contributed by atoms with Crippen molar-refractivity contribution >= 4 is 5.97 Å². The van der Waals surface area contributed by atoms with Gasteiger partial charge in [0, 0.05) is 12.7 Å². The van der Waals surface area contributed by atoms with Crippen molar-refractivity contribution in [3.05, 3.63) is 53.9 Å². The minimum Gasteiger partial charge on any atom is -0.462 e. The van der Waals surface area contributed by atoms with E-state index in [1.165, 1.54) is 6.20 Å². The monoisotopic (exact) mass is 275 g/mol. The van der Waals surface area contributed by atoms with Gasteiger partial charge < -0.3 is 10.5 Å². The van der Waals surface area contributed by atoms with Crippen LogP contribution >= 0.6 is 0 Å². The van der Waals surface area contributed by atoms with Crippen LogP contribution in [0.15, 0.2) is 42.7 Å². The van der Waals surface area contributed by atoms with Gasteiger partial charge >= 0.3 is 5.97 Å². The first-order valence-electron chi connectivity index (χ1n) is 6.22. The first kappa shape index (κ1) is 15.9. The number of nitrogens with zero attached hydrogens (tertiary/aromatic N) is 2. The van der Waals surface area contributed by atoms with Gasteiger partial charge in [-0.3, -0.25) is 4.68 Å². The second kappa shape index (κ2) is 7.45. The summed E-state index contributed by atoms with van der Waals surface area (Å²) in [7, 11) is 0. The van der Waals surface area contributed by atoms with Crippen LogP contribution < -0.4 is 5.73 Å². The predicted molar refractivity (Wildman–Crippen MR) is 78.5 cm³/mol. The largest absolute Gasteiger partial charge is 0.462 e. The highest BCUT2D eigenvalue weighted by atomic mass is 16.5.